The SMILES string of the molecule is CCOC(=O)Cn1[nH]c(COC)cc1=O. The van der Waals surface area contributed by atoms with Gasteiger partial charge in [-0.05, 0) is 6.92 Å². The second-order valence-corrected chi connectivity index (χ2v) is 2.94. The molecule has 0 amide bonds. The first kappa shape index (κ1) is 11.5. The number of nitrogens with zero attached hydrogens (tertiary/aromatic N) is 1. The van der Waals surface area contributed by atoms with Gasteiger partial charge in [0.2, 0.25) is 0 Å². The first-order valence-corrected chi connectivity index (χ1v) is 4.60. The molecule has 1 N–H and O–H groups in total. The third-order valence-electron chi connectivity index (χ3n) is 1.73. The van der Waals surface area contributed by atoms with Crippen molar-refractivity contribution in [2.75, 3.05) is 13.7 Å². The summed E-state index contributed by atoms with van der Waals surface area (Å²) in [6, 6.07) is 1.39. The number of aromatic amines is 1. The molecule has 0 aromatic carbocycles. The van der Waals surface area contributed by atoms with Gasteiger partial charge in [-0.15, -0.1) is 0 Å². The van der Waals surface area contributed by atoms with Crippen LogP contribution in [0.1, 0.15) is 12.6 Å². The molecule has 1 rings (SSSR count). The van der Waals surface area contributed by atoms with E-state index in [1.165, 1.54) is 17.9 Å². The van der Waals surface area contributed by atoms with E-state index in [4.69, 9.17) is 9.47 Å². The predicted octanol–water partition coefficient (Wildman–Crippen LogP) is -0.114. The van der Waals surface area contributed by atoms with Crippen molar-refractivity contribution < 1.29 is 14.3 Å². The van der Waals surface area contributed by atoms with Crippen LogP contribution in [0.4, 0.5) is 0 Å². The number of H-pyrrole nitrogens is 1. The number of methoxy groups -OCH3 is 1. The molecule has 6 nitrogen and oxygen atoms in total. The van der Waals surface area contributed by atoms with Gasteiger partial charge in [0.25, 0.3) is 5.56 Å². The maximum atomic E-state index is 11.3. The fraction of sp³-hybridized carbons (Fsp3) is 0.556. The number of hydrogen-bond donors (Lipinski definition) is 1. The smallest absolute Gasteiger partial charge is 0.327 e. The maximum absolute atomic E-state index is 11.3. The monoisotopic (exact) mass is 214 g/mol. The molecule has 0 radical (unpaired) electrons. The third kappa shape index (κ3) is 3.25. The summed E-state index contributed by atoms with van der Waals surface area (Å²) in [7, 11) is 1.53. The zero-order valence-electron chi connectivity index (χ0n) is 8.78. The van der Waals surface area contributed by atoms with Crippen molar-refractivity contribution in [1.82, 2.24) is 9.78 Å². The van der Waals surface area contributed by atoms with E-state index in [2.05, 4.69) is 5.10 Å². The minimum absolute atomic E-state index is 0.101. The first-order valence-electron chi connectivity index (χ1n) is 4.60. The molecule has 0 aliphatic rings. The molecule has 0 aliphatic carbocycles. The standard InChI is InChI=1S/C9H14N2O4/c1-3-15-9(13)5-11-8(12)4-7(10-11)6-14-2/h4,10H,3,5-6H2,1-2H3. The number of carbonyl (C=O) groups excluding carboxylic acids is 1. The van der Waals surface area contributed by atoms with Crippen LogP contribution in [0.15, 0.2) is 10.9 Å². The molecule has 0 atom stereocenters. The van der Waals surface area contributed by atoms with Gasteiger partial charge in [-0.25, -0.2) is 4.68 Å². The van der Waals surface area contributed by atoms with Crippen molar-refractivity contribution in [3.05, 3.63) is 22.1 Å². The van der Waals surface area contributed by atoms with Crippen molar-refractivity contribution in [1.29, 1.82) is 0 Å². The van der Waals surface area contributed by atoms with E-state index >= 15 is 0 Å². The van der Waals surface area contributed by atoms with Crippen LogP contribution in [-0.2, 0) is 27.4 Å². The molecule has 1 aromatic rings. The Kier molecular flexibility index (Phi) is 4.11. The summed E-state index contributed by atoms with van der Waals surface area (Å²) in [6.07, 6.45) is 0. The molecule has 84 valence electrons. The fourth-order valence-electron chi connectivity index (χ4n) is 1.17. The van der Waals surface area contributed by atoms with Gasteiger partial charge in [0.05, 0.1) is 18.9 Å². The number of carbonyl (C=O) groups is 1. The Bertz CT molecular complexity index is 380. The van der Waals surface area contributed by atoms with E-state index in [-0.39, 0.29) is 12.1 Å². The van der Waals surface area contributed by atoms with Crippen LogP contribution >= 0.6 is 0 Å². The Hall–Kier alpha value is -1.56. The number of nitrogens with one attached hydrogen (secondary N) is 1. The summed E-state index contributed by atoms with van der Waals surface area (Å²) in [4.78, 5) is 22.4. The Morgan fingerprint density at radius 3 is 2.93 bits per heavy atom. The van der Waals surface area contributed by atoms with Gasteiger partial charge in [0, 0.05) is 13.2 Å². The molecular formula is C9H14N2O4. The molecule has 0 aliphatic heterocycles. The first-order chi connectivity index (χ1) is 7.17. The summed E-state index contributed by atoms with van der Waals surface area (Å²) in [6.45, 7) is 2.23. The Morgan fingerprint density at radius 1 is 1.60 bits per heavy atom. The minimum Gasteiger partial charge on any atom is -0.465 e. The highest BCUT2D eigenvalue weighted by Crippen LogP contribution is 1.92. The van der Waals surface area contributed by atoms with Crippen LogP contribution < -0.4 is 5.56 Å². The van der Waals surface area contributed by atoms with Crippen LogP contribution in [0, 0.1) is 0 Å². The lowest BCUT2D eigenvalue weighted by molar-refractivity contribution is -0.144. The molecule has 0 fully saturated rings. The zero-order chi connectivity index (χ0) is 11.3. The van der Waals surface area contributed by atoms with Crippen LogP contribution in [0.3, 0.4) is 0 Å². The van der Waals surface area contributed by atoms with Crippen molar-refractivity contribution in [3.63, 3.8) is 0 Å². The number of ether oxygens (including phenoxy) is 2. The molecule has 0 saturated carbocycles. The lowest BCUT2D eigenvalue weighted by Gasteiger charge is -2.01. The number of esters is 1. The largest absolute Gasteiger partial charge is 0.465 e. The van der Waals surface area contributed by atoms with E-state index in [1.807, 2.05) is 0 Å². The second kappa shape index (κ2) is 5.35. The normalized spacial score (nSPS) is 10.3. The number of rotatable bonds is 5. The second-order valence-electron chi connectivity index (χ2n) is 2.94. The van der Waals surface area contributed by atoms with Gasteiger partial charge < -0.3 is 9.47 Å². The van der Waals surface area contributed by atoms with Gasteiger partial charge in [-0.3, -0.25) is 14.7 Å². The van der Waals surface area contributed by atoms with Crippen molar-refractivity contribution in [2.45, 2.75) is 20.1 Å². The molecule has 0 spiro atoms. The highest BCUT2D eigenvalue weighted by Gasteiger charge is 2.07. The Labute approximate surface area is 86.8 Å². The van der Waals surface area contributed by atoms with E-state index in [0.29, 0.717) is 18.9 Å². The molecule has 0 unspecified atom stereocenters. The Morgan fingerprint density at radius 2 is 2.33 bits per heavy atom. The van der Waals surface area contributed by atoms with Crippen LogP contribution in [0.25, 0.3) is 0 Å². The summed E-state index contributed by atoms with van der Waals surface area (Å²) in [5.74, 6) is -0.439. The minimum atomic E-state index is -0.439. The average Bonchev–Trinajstić information content (AvgIpc) is 2.48. The number of aromatic nitrogens is 2. The Balaban J connectivity index is 2.68. The summed E-state index contributed by atoms with van der Waals surface area (Å²) in [5.41, 5.74) is 0.363. The van der Waals surface area contributed by atoms with E-state index in [1.54, 1.807) is 6.92 Å². The van der Waals surface area contributed by atoms with Crippen molar-refractivity contribution in [2.24, 2.45) is 0 Å². The predicted molar refractivity (Wildman–Crippen MR) is 52.4 cm³/mol. The van der Waals surface area contributed by atoms with E-state index in [0.717, 1.165) is 0 Å². The highest BCUT2D eigenvalue weighted by molar-refractivity contribution is 5.68. The maximum Gasteiger partial charge on any atom is 0.327 e. The molecule has 1 heterocycles. The van der Waals surface area contributed by atoms with Gasteiger partial charge in [0.15, 0.2) is 0 Å². The summed E-state index contributed by atoms with van der Waals surface area (Å²) < 4.78 is 10.8. The summed E-state index contributed by atoms with van der Waals surface area (Å²) in [5, 5.41) is 2.75. The molecule has 6 heteroatoms. The van der Waals surface area contributed by atoms with Gasteiger partial charge >= 0.3 is 5.97 Å². The molecule has 0 saturated heterocycles. The highest BCUT2D eigenvalue weighted by atomic mass is 16.5. The third-order valence-corrected chi connectivity index (χ3v) is 1.73. The fourth-order valence-corrected chi connectivity index (χ4v) is 1.17. The van der Waals surface area contributed by atoms with Crippen LogP contribution in [0.2, 0.25) is 0 Å². The molecular weight excluding hydrogens is 200 g/mol. The van der Waals surface area contributed by atoms with Gasteiger partial charge in [-0.1, -0.05) is 0 Å². The van der Waals surface area contributed by atoms with Crippen molar-refractivity contribution in [3.8, 4) is 0 Å². The number of hydrogen-bond acceptors (Lipinski definition) is 4. The topological polar surface area (TPSA) is 73.3 Å². The molecule has 1 aromatic heterocycles. The van der Waals surface area contributed by atoms with E-state index < -0.39 is 5.97 Å². The molecule has 15 heavy (non-hydrogen) atoms. The zero-order valence-corrected chi connectivity index (χ0v) is 8.78. The lowest BCUT2D eigenvalue weighted by atomic mass is 10.5. The van der Waals surface area contributed by atoms with Crippen molar-refractivity contribution >= 4 is 5.97 Å². The van der Waals surface area contributed by atoms with Gasteiger partial charge in [-0.2, -0.15) is 0 Å². The molecule has 0 bridgehead atoms. The lowest BCUT2D eigenvalue weighted by Crippen LogP contribution is -2.22. The average molecular weight is 214 g/mol. The van der Waals surface area contributed by atoms with Gasteiger partial charge in [0.1, 0.15) is 6.54 Å². The van der Waals surface area contributed by atoms with Crippen LogP contribution in [-0.4, -0.2) is 29.5 Å². The quantitative estimate of drug-likeness (QED) is 0.694. The van der Waals surface area contributed by atoms with Crippen LogP contribution in [0.5, 0.6) is 0 Å². The summed E-state index contributed by atoms with van der Waals surface area (Å²) >= 11 is 0. The van der Waals surface area contributed by atoms with E-state index in [9.17, 15) is 9.59 Å².